The number of benzene rings is 2. The number of nitrogens with one attached hydrogen (secondary N) is 1. The van der Waals surface area contributed by atoms with Crippen LogP contribution in [0.15, 0.2) is 42.5 Å². The van der Waals surface area contributed by atoms with Crippen molar-refractivity contribution in [2.75, 3.05) is 13.2 Å². The molecule has 3 rings (SSSR count). The molecule has 1 N–H and O–H groups in total. The van der Waals surface area contributed by atoms with E-state index in [9.17, 15) is 4.79 Å². The van der Waals surface area contributed by atoms with Crippen molar-refractivity contribution in [2.24, 2.45) is 0 Å². The van der Waals surface area contributed by atoms with Crippen molar-refractivity contribution in [3.63, 3.8) is 0 Å². The van der Waals surface area contributed by atoms with E-state index in [1.165, 1.54) is 11.1 Å². The second-order valence-corrected chi connectivity index (χ2v) is 6.10. The van der Waals surface area contributed by atoms with Crippen LogP contribution in [-0.4, -0.2) is 19.1 Å². The summed E-state index contributed by atoms with van der Waals surface area (Å²) in [7, 11) is 0. The van der Waals surface area contributed by atoms with Gasteiger partial charge in [-0.25, -0.2) is 0 Å². The van der Waals surface area contributed by atoms with Crippen molar-refractivity contribution in [1.29, 1.82) is 0 Å². The molecule has 0 unspecified atom stereocenters. The molecule has 2 aromatic rings. The number of carbonyl (C=O) groups excluding carboxylic acids is 1. The molecule has 0 aromatic heterocycles. The van der Waals surface area contributed by atoms with Gasteiger partial charge < -0.3 is 14.8 Å². The summed E-state index contributed by atoms with van der Waals surface area (Å²) < 4.78 is 11.3. The maximum Gasteiger partial charge on any atom is 0.220 e. The first-order valence-corrected chi connectivity index (χ1v) is 8.41. The average Bonchev–Trinajstić information content (AvgIpc) is 2.83. The molecular weight excluding hydrogens is 302 g/mol. The summed E-state index contributed by atoms with van der Waals surface area (Å²) >= 11 is 0. The highest BCUT2D eigenvalue weighted by molar-refractivity contribution is 5.76. The number of carbonyl (C=O) groups is 1. The zero-order chi connectivity index (χ0) is 16.8. The van der Waals surface area contributed by atoms with Crippen LogP contribution in [0.5, 0.6) is 11.5 Å². The summed E-state index contributed by atoms with van der Waals surface area (Å²) in [6, 6.07) is 14.1. The van der Waals surface area contributed by atoms with Crippen LogP contribution in [-0.2, 0) is 17.8 Å². The van der Waals surface area contributed by atoms with Gasteiger partial charge in [0.2, 0.25) is 5.91 Å². The predicted molar refractivity (Wildman–Crippen MR) is 93.4 cm³/mol. The highest BCUT2D eigenvalue weighted by atomic mass is 16.5. The minimum atomic E-state index is 0.0589. The molecule has 0 bridgehead atoms. The molecule has 4 nitrogen and oxygen atoms in total. The number of hydrogen-bond acceptors (Lipinski definition) is 3. The second-order valence-electron chi connectivity index (χ2n) is 6.10. The lowest BCUT2D eigenvalue weighted by Gasteiger charge is -2.10. The van der Waals surface area contributed by atoms with E-state index < -0.39 is 0 Å². The minimum Gasteiger partial charge on any atom is -0.490 e. The van der Waals surface area contributed by atoms with Crippen molar-refractivity contribution in [1.82, 2.24) is 5.32 Å². The molecule has 1 heterocycles. The predicted octanol–water partition coefficient (Wildman–Crippen LogP) is 3.41. The zero-order valence-corrected chi connectivity index (χ0v) is 14.0. The first kappa shape index (κ1) is 16.4. The number of aryl methyl sites for hydroxylation is 2. The Bertz CT molecular complexity index is 712. The Hall–Kier alpha value is -2.49. The van der Waals surface area contributed by atoms with E-state index in [1.54, 1.807) is 0 Å². The summed E-state index contributed by atoms with van der Waals surface area (Å²) in [6.07, 6.45) is 2.14. The molecule has 1 aliphatic heterocycles. The third-order valence-corrected chi connectivity index (χ3v) is 4.02. The SMILES string of the molecule is Cc1cccc(CCC(=O)NCc2ccc3c(c2)OCCCO3)c1. The molecule has 0 spiro atoms. The van der Waals surface area contributed by atoms with E-state index in [4.69, 9.17) is 9.47 Å². The summed E-state index contributed by atoms with van der Waals surface area (Å²) in [5.41, 5.74) is 3.43. The van der Waals surface area contributed by atoms with Gasteiger partial charge in [-0.1, -0.05) is 35.9 Å². The molecular formula is C20H23NO3. The van der Waals surface area contributed by atoms with Crippen LogP contribution >= 0.6 is 0 Å². The van der Waals surface area contributed by atoms with E-state index in [-0.39, 0.29) is 5.91 Å². The van der Waals surface area contributed by atoms with Crippen LogP contribution in [0.1, 0.15) is 29.5 Å². The fourth-order valence-electron chi connectivity index (χ4n) is 2.73. The van der Waals surface area contributed by atoms with Gasteiger partial charge in [0.25, 0.3) is 0 Å². The Morgan fingerprint density at radius 3 is 2.71 bits per heavy atom. The maximum absolute atomic E-state index is 12.1. The normalized spacial score (nSPS) is 13.2. The quantitative estimate of drug-likeness (QED) is 0.916. The van der Waals surface area contributed by atoms with E-state index in [1.807, 2.05) is 24.3 Å². The van der Waals surface area contributed by atoms with Crippen molar-refractivity contribution in [2.45, 2.75) is 32.7 Å². The summed E-state index contributed by atoms with van der Waals surface area (Å²) in [4.78, 5) is 12.1. The third-order valence-electron chi connectivity index (χ3n) is 4.02. The van der Waals surface area contributed by atoms with Crippen LogP contribution in [0.4, 0.5) is 0 Å². The first-order valence-electron chi connectivity index (χ1n) is 8.41. The molecule has 1 amide bonds. The number of rotatable bonds is 5. The van der Waals surface area contributed by atoms with Gasteiger partial charge in [0.15, 0.2) is 11.5 Å². The molecule has 0 radical (unpaired) electrons. The number of hydrogen-bond donors (Lipinski definition) is 1. The summed E-state index contributed by atoms with van der Waals surface area (Å²) in [5, 5.41) is 2.97. The lowest BCUT2D eigenvalue weighted by molar-refractivity contribution is -0.121. The highest BCUT2D eigenvalue weighted by Crippen LogP contribution is 2.30. The molecule has 2 aromatic carbocycles. The molecule has 24 heavy (non-hydrogen) atoms. The largest absolute Gasteiger partial charge is 0.490 e. The van der Waals surface area contributed by atoms with Crippen LogP contribution in [0.2, 0.25) is 0 Å². The third kappa shape index (κ3) is 4.51. The molecule has 0 aliphatic carbocycles. The van der Waals surface area contributed by atoms with E-state index in [0.717, 1.165) is 29.9 Å². The Balaban J connectivity index is 1.50. The van der Waals surface area contributed by atoms with Gasteiger partial charge in [-0.3, -0.25) is 4.79 Å². The van der Waals surface area contributed by atoms with Crippen molar-refractivity contribution >= 4 is 5.91 Å². The molecule has 0 saturated heterocycles. The number of amides is 1. The van der Waals surface area contributed by atoms with E-state index in [0.29, 0.717) is 26.2 Å². The molecule has 0 saturated carbocycles. The monoisotopic (exact) mass is 325 g/mol. The van der Waals surface area contributed by atoms with E-state index >= 15 is 0 Å². The van der Waals surface area contributed by atoms with Gasteiger partial charge in [-0.15, -0.1) is 0 Å². The lowest BCUT2D eigenvalue weighted by atomic mass is 10.1. The Labute approximate surface area is 142 Å². The van der Waals surface area contributed by atoms with Crippen LogP contribution in [0.25, 0.3) is 0 Å². The zero-order valence-electron chi connectivity index (χ0n) is 14.0. The van der Waals surface area contributed by atoms with Gasteiger partial charge in [0.1, 0.15) is 0 Å². The van der Waals surface area contributed by atoms with Gasteiger partial charge in [-0.2, -0.15) is 0 Å². The second kappa shape index (κ2) is 7.86. The molecule has 126 valence electrons. The van der Waals surface area contributed by atoms with Crippen LogP contribution in [0.3, 0.4) is 0 Å². The standard InChI is InChI=1S/C20H23NO3/c1-15-4-2-5-16(12-15)7-9-20(22)21-14-17-6-8-18-19(13-17)24-11-3-10-23-18/h2,4-6,8,12-13H,3,7,9-11,14H2,1H3,(H,21,22). The first-order chi connectivity index (χ1) is 11.7. The maximum atomic E-state index is 12.1. The molecule has 1 aliphatic rings. The summed E-state index contributed by atoms with van der Waals surface area (Å²) in [6.45, 7) is 3.92. The van der Waals surface area contributed by atoms with Crippen molar-refractivity contribution < 1.29 is 14.3 Å². The van der Waals surface area contributed by atoms with Crippen LogP contribution < -0.4 is 14.8 Å². The average molecular weight is 325 g/mol. The van der Waals surface area contributed by atoms with Gasteiger partial charge in [0, 0.05) is 19.4 Å². The topological polar surface area (TPSA) is 47.6 Å². The smallest absolute Gasteiger partial charge is 0.220 e. The molecule has 0 fully saturated rings. The van der Waals surface area contributed by atoms with Gasteiger partial charge >= 0.3 is 0 Å². The fourth-order valence-corrected chi connectivity index (χ4v) is 2.73. The Morgan fingerprint density at radius 1 is 1.04 bits per heavy atom. The van der Waals surface area contributed by atoms with E-state index in [2.05, 4.69) is 30.4 Å². The Morgan fingerprint density at radius 2 is 1.88 bits per heavy atom. The molecule has 4 heteroatoms. The Kier molecular flexibility index (Phi) is 5.36. The molecule has 0 atom stereocenters. The van der Waals surface area contributed by atoms with Crippen LogP contribution in [0, 0.1) is 6.92 Å². The van der Waals surface area contributed by atoms with Gasteiger partial charge in [-0.05, 0) is 36.6 Å². The number of ether oxygens (including phenoxy) is 2. The highest BCUT2D eigenvalue weighted by Gasteiger charge is 2.11. The fraction of sp³-hybridized carbons (Fsp3) is 0.350. The van der Waals surface area contributed by atoms with Gasteiger partial charge in [0.05, 0.1) is 13.2 Å². The number of fused-ring (bicyclic) bond motifs is 1. The summed E-state index contributed by atoms with van der Waals surface area (Å²) in [5.74, 6) is 1.60. The van der Waals surface area contributed by atoms with Crippen molar-refractivity contribution in [3.05, 3.63) is 59.2 Å². The van der Waals surface area contributed by atoms with Crippen molar-refractivity contribution in [3.8, 4) is 11.5 Å². The lowest BCUT2D eigenvalue weighted by Crippen LogP contribution is -2.23. The minimum absolute atomic E-state index is 0.0589.